The number of rotatable bonds is 15. The quantitative estimate of drug-likeness (QED) is 0.0977. The van der Waals surface area contributed by atoms with Gasteiger partial charge >= 0.3 is 11.7 Å². The number of amides is 1. The minimum Gasteiger partial charge on any atom is -0.507 e. The summed E-state index contributed by atoms with van der Waals surface area (Å²) >= 11 is 0. The third-order valence-corrected chi connectivity index (χ3v) is 5.57. The second-order valence-corrected chi connectivity index (χ2v) is 8.47. The van der Waals surface area contributed by atoms with E-state index in [1.807, 2.05) is 19.1 Å². The molecule has 1 amide bonds. The van der Waals surface area contributed by atoms with Gasteiger partial charge in [0.1, 0.15) is 17.1 Å². The zero-order valence-corrected chi connectivity index (χ0v) is 21.0. The van der Waals surface area contributed by atoms with Gasteiger partial charge in [-0.25, -0.2) is 9.59 Å². The van der Waals surface area contributed by atoms with Gasteiger partial charge in [0.25, 0.3) is 0 Å². The molecular weight excluding hydrogens is 434 g/mol. The number of ketones is 1. The molecule has 0 aliphatic rings. The molecule has 0 aliphatic carbocycles. The maximum Gasteiger partial charge on any atom is 0.432 e. The van der Waals surface area contributed by atoms with E-state index in [1.165, 1.54) is 51.5 Å². The largest absolute Gasteiger partial charge is 0.507 e. The van der Waals surface area contributed by atoms with Gasteiger partial charge in [-0.1, -0.05) is 64.2 Å². The highest BCUT2D eigenvalue weighted by molar-refractivity contribution is 6.09. The first-order valence-electron chi connectivity index (χ1n) is 12.2. The highest BCUT2D eigenvalue weighted by Crippen LogP contribution is 2.26. The van der Waals surface area contributed by atoms with Gasteiger partial charge < -0.3 is 14.3 Å². The number of nitrogens with zero attached hydrogens (tertiary/aromatic N) is 1. The number of allylic oxidation sites excluding steroid dienone is 4. The average Bonchev–Trinajstić information content (AvgIpc) is 2.81. The van der Waals surface area contributed by atoms with Gasteiger partial charge in [-0.2, -0.15) is 4.99 Å². The van der Waals surface area contributed by atoms with E-state index < -0.39 is 17.5 Å². The first kappa shape index (κ1) is 29.1. The van der Waals surface area contributed by atoms with E-state index in [0.29, 0.717) is 30.6 Å². The molecule has 0 aromatic carbocycles. The zero-order valence-electron chi connectivity index (χ0n) is 21.0. The topological polar surface area (TPSA) is 106 Å². The Morgan fingerprint density at radius 1 is 1.15 bits per heavy atom. The van der Waals surface area contributed by atoms with Gasteiger partial charge in [0, 0.05) is 18.2 Å². The fourth-order valence-corrected chi connectivity index (χ4v) is 3.42. The monoisotopic (exact) mass is 473 g/mol. The first-order valence-corrected chi connectivity index (χ1v) is 12.2. The molecule has 7 heteroatoms. The Morgan fingerprint density at radius 3 is 2.53 bits per heavy atom. The second kappa shape index (κ2) is 16.6. The Balaban J connectivity index is 2.65. The van der Waals surface area contributed by atoms with Crippen LogP contribution in [0.5, 0.6) is 5.75 Å². The van der Waals surface area contributed by atoms with Crippen LogP contribution in [0, 0.1) is 0 Å². The van der Waals surface area contributed by atoms with Crippen molar-refractivity contribution in [3.05, 3.63) is 51.6 Å². The molecule has 1 aromatic heterocycles. The molecule has 1 heterocycles. The van der Waals surface area contributed by atoms with E-state index in [1.54, 1.807) is 13.0 Å². The molecule has 188 valence electrons. The lowest BCUT2D eigenvalue weighted by Gasteiger charge is -2.11. The number of aliphatic imine (C=N–C) groups is 1. The summed E-state index contributed by atoms with van der Waals surface area (Å²) in [5.41, 5.74) is -0.838. The maximum absolute atomic E-state index is 12.7. The van der Waals surface area contributed by atoms with Crippen LogP contribution in [0.1, 0.15) is 107 Å². The standard InChI is InChI=1S/C27H39NO6/c1-5-6-7-8-9-10-11-12-13-17-21(3)25(30)24-22(29)19-23(34-26(24)31)20(2)16-14-15-18-28-27(32)33-4/h12-13,17-20,29H,5-11,14-16H2,1-4H3. The summed E-state index contributed by atoms with van der Waals surface area (Å²) < 4.78 is 9.77. The lowest BCUT2D eigenvalue weighted by Crippen LogP contribution is -2.16. The molecule has 0 fully saturated rings. The second-order valence-electron chi connectivity index (χ2n) is 8.47. The lowest BCUT2D eigenvalue weighted by molar-refractivity contribution is 0.102. The van der Waals surface area contributed by atoms with Crippen LogP contribution < -0.4 is 5.63 Å². The van der Waals surface area contributed by atoms with Gasteiger partial charge in [-0.15, -0.1) is 0 Å². The molecule has 0 saturated carbocycles. The molecule has 0 spiro atoms. The molecule has 1 aromatic rings. The zero-order chi connectivity index (χ0) is 25.3. The molecule has 1 atom stereocenters. The average molecular weight is 474 g/mol. The van der Waals surface area contributed by atoms with Crippen LogP contribution in [0.15, 0.2) is 44.1 Å². The van der Waals surface area contributed by atoms with Crippen molar-refractivity contribution in [3.63, 3.8) is 0 Å². The van der Waals surface area contributed by atoms with E-state index in [-0.39, 0.29) is 17.2 Å². The Labute approximate surface area is 202 Å². The van der Waals surface area contributed by atoms with Gasteiger partial charge in [0.05, 0.1) is 7.11 Å². The molecule has 0 radical (unpaired) electrons. The van der Waals surface area contributed by atoms with Crippen LogP contribution in [0.25, 0.3) is 0 Å². The molecular formula is C27H39NO6. The van der Waals surface area contributed by atoms with Gasteiger partial charge in [-0.3, -0.25) is 4.79 Å². The van der Waals surface area contributed by atoms with E-state index in [9.17, 15) is 19.5 Å². The summed E-state index contributed by atoms with van der Waals surface area (Å²) in [6.07, 6.45) is 16.5. The molecule has 7 nitrogen and oxygen atoms in total. The minimum absolute atomic E-state index is 0.157. The van der Waals surface area contributed by atoms with Crippen LogP contribution in [-0.4, -0.2) is 30.3 Å². The maximum atomic E-state index is 12.7. The minimum atomic E-state index is -0.845. The number of Topliss-reactive ketones (excluding diaryl/α,β-unsaturated/α-hetero) is 1. The van der Waals surface area contributed by atoms with Crippen molar-refractivity contribution in [2.75, 3.05) is 7.11 Å². The van der Waals surface area contributed by atoms with E-state index in [0.717, 1.165) is 12.8 Å². The van der Waals surface area contributed by atoms with E-state index in [4.69, 9.17) is 4.42 Å². The number of carbonyl (C=O) groups excluding carboxylic acids is 2. The van der Waals surface area contributed by atoms with Crippen molar-refractivity contribution < 1.29 is 23.8 Å². The third-order valence-electron chi connectivity index (χ3n) is 5.57. The van der Waals surface area contributed by atoms with Crippen LogP contribution in [0.3, 0.4) is 0 Å². The Kier molecular flexibility index (Phi) is 14.2. The van der Waals surface area contributed by atoms with E-state index >= 15 is 0 Å². The van der Waals surface area contributed by atoms with Gasteiger partial charge in [-0.05, 0) is 44.6 Å². The molecule has 0 saturated heterocycles. The molecule has 1 N–H and O–H groups in total. The predicted octanol–water partition coefficient (Wildman–Crippen LogP) is 6.89. The van der Waals surface area contributed by atoms with Crippen molar-refractivity contribution in [1.29, 1.82) is 0 Å². The molecule has 1 rings (SSSR count). The Hall–Kier alpha value is -2.96. The number of hydrogen-bond donors (Lipinski definition) is 1. The van der Waals surface area contributed by atoms with Crippen LogP contribution in [0.2, 0.25) is 0 Å². The van der Waals surface area contributed by atoms with Gasteiger partial charge in [0.15, 0.2) is 5.78 Å². The summed E-state index contributed by atoms with van der Waals surface area (Å²) in [7, 11) is 1.26. The smallest absolute Gasteiger partial charge is 0.432 e. The predicted molar refractivity (Wildman–Crippen MR) is 135 cm³/mol. The lowest BCUT2D eigenvalue weighted by atomic mass is 9.99. The van der Waals surface area contributed by atoms with Gasteiger partial charge in [0.2, 0.25) is 0 Å². The molecule has 34 heavy (non-hydrogen) atoms. The normalized spacial score (nSPS) is 13.0. The third kappa shape index (κ3) is 10.8. The van der Waals surface area contributed by atoms with Crippen molar-refractivity contribution in [1.82, 2.24) is 0 Å². The number of unbranched alkanes of at least 4 members (excludes halogenated alkanes) is 7. The molecule has 0 aliphatic heterocycles. The van der Waals surface area contributed by atoms with Crippen LogP contribution in [0.4, 0.5) is 4.79 Å². The number of methoxy groups -OCH3 is 1. The van der Waals surface area contributed by atoms with Crippen LogP contribution >= 0.6 is 0 Å². The summed E-state index contributed by atoms with van der Waals surface area (Å²) in [6.45, 7) is 5.67. The summed E-state index contributed by atoms with van der Waals surface area (Å²) in [4.78, 5) is 39.7. The molecule has 0 bridgehead atoms. The van der Waals surface area contributed by atoms with Crippen LogP contribution in [-0.2, 0) is 4.74 Å². The molecule has 1 unspecified atom stereocenters. The SMILES string of the molecule is CCCCCCCCC=CC=C(C)C(=O)c1c(O)cc(C(C)CCCC=NC(=O)OC)oc1=O. The van der Waals surface area contributed by atoms with Crippen molar-refractivity contribution in [2.24, 2.45) is 4.99 Å². The summed E-state index contributed by atoms with van der Waals surface area (Å²) in [5.74, 6) is -0.770. The Bertz CT molecular complexity index is 926. The highest BCUT2D eigenvalue weighted by atomic mass is 16.5. The highest BCUT2D eigenvalue weighted by Gasteiger charge is 2.21. The van der Waals surface area contributed by atoms with Crippen molar-refractivity contribution >= 4 is 18.1 Å². The Morgan fingerprint density at radius 2 is 1.85 bits per heavy atom. The number of hydrogen-bond acceptors (Lipinski definition) is 6. The van der Waals surface area contributed by atoms with Crippen molar-refractivity contribution in [2.45, 2.75) is 90.9 Å². The first-order chi connectivity index (χ1) is 16.3. The fourth-order valence-electron chi connectivity index (χ4n) is 3.42. The number of carbonyl (C=O) groups is 2. The fraction of sp³-hybridized carbons (Fsp3) is 0.556. The number of ether oxygens (including phenoxy) is 1. The number of aromatic hydroxyl groups is 1. The summed E-state index contributed by atoms with van der Waals surface area (Å²) in [5, 5.41) is 10.4. The van der Waals surface area contributed by atoms with E-state index in [2.05, 4.69) is 16.7 Å². The van der Waals surface area contributed by atoms with Crippen molar-refractivity contribution in [3.8, 4) is 5.75 Å². The summed E-state index contributed by atoms with van der Waals surface area (Å²) in [6, 6.07) is 1.34.